The van der Waals surface area contributed by atoms with Crippen molar-refractivity contribution >= 4 is 11.6 Å². The molecule has 6 nitrogen and oxygen atoms in total. The summed E-state index contributed by atoms with van der Waals surface area (Å²) in [5.74, 6) is 0.0563. The number of H-pyrrole nitrogens is 1. The van der Waals surface area contributed by atoms with Crippen molar-refractivity contribution in [1.29, 1.82) is 0 Å². The average Bonchev–Trinajstić information content (AvgIpc) is 3.13. The molecular weight excluding hydrogens is 254 g/mol. The highest BCUT2D eigenvalue weighted by atomic mass is 16.2. The fourth-order valence-corrected chi connectivity index (χ4v) is 2.51. The molecule has 2 N–H and O–H groups in total. The molecule has 0 saturated carbocycles. The Kier molecular flexibility index (Phi) is 3.62. The van der Waals surface area contributed by atoms with Crippen molar-refractivity contribution in [3.8, 4) is 0 Å². The van der Waals surface area contributed by atoms with Crippen LogP contribution in [0.15, 0.2) is 30.6 Å². The van der Waals surface area contributed by atoms with E-state index in [-0.39, 0.29) is 11.7 Å². The fourth-order valence-electron chi connectivity index (χ4n) is 2.51. The molecule has 104 valence electrons. The maximum atomic E-state index is 11.6. The summed E-state index contributed by atoms with van der Waals surface area (Å²) >= 11 is 0. The van der Waals surface area contributed by atoms with E-state index in [1.165, 1.54) is 17.6 Å². The lowest BCUT2D eigenvalue weighted by atomic mass is 10.2. The lowest BCUT2D eigenvalue weighted by Crippen LogP contribution is -2.29. The highest BCUT2D eigenvalue weighted by molar-refractivity contribution is 5.90. The number of fused-ring (bicyclic) bond motifs is 1. The van der Waals surface area contributed by atoms with Crippen LogP contribution in [0.3, 0.4) is 0 Å². The van der Waals surface area contributed by atoms with Gasteiger partial charge in [-0.15, -0.1) is 0 Å². The van der Waals surface area contributed by atoms with Crippen LogP contribution in [0.4, 0.5) is 5.69 Å². The van der Waals surface area contributed by atoms with Gasteiger partial charge in [0.2, 0.25) is 5.82 Å². The molecule has 1 aliphatic rings. The number of aromatic nitrogens is 3. The summed E-state index contributed by atoms with van der Waals surface area (Å²) < 4.78 is 0. The van der Waals surface area contributed by atoms with Gasteiger partial charge in [0.15, 0.2) is 0 Å². The summed E-state index contributed by atoms with van der Waals surface area (Å²) in [5.41, 5.74) is 2.74. The Bertz CT molecular complexity index is 581. The van der Waals surface area contributed by atoms with Gasteiger partial charge in [-0.25, -0.2) is 4.98 Å². The van der Waals surface area contributed by atoms with Gasteiger partial charge >= 0.3 is 0 Å². The molecular formula is C14H17N5O. The number of carbonyl (C=O) groups is 1. The Morgan fingerprint density at radius 3 is 3.15 bits per heavy atom. The lowest BCUT2D eigenvalue weighted by Gasteiger charge is -2.19. The Morgan fingerprint density at radius 2 is 2.30 bits per heavy atom. The smallest absolute Gasteiger partial charge is 0.288 e. The van der Waals surface area contributed by atoms with E-state index < -0.39 is 0 Å². The van der Waals surface area contributed by atoms with E-state index in [1.807, 2.05) is 0 Å². The zero-order valence-electron chi connectivity index (χ0n) is 11.2. The number of hydrogen-bond acceptors (Lipinski definition) is 4. The maximum Gasteiger partial charge on any atom is 0.288 e. The second kappa shape index (κ2) is 5.73. The topological polar surface area (TPSA) is 73.9 Å². The summed E-state index contributed by atoms with van der Waals surface area (Å²) in [6, 6.07) is 8.50. The molecule has 0 aliphatic carbocycles. The Balaban J connectivity index is 1.44. The number of hydrogen-bond donors (Lipinski definition) is 2. The minimum Gasteiger partial charge on any atom is -0.371 e. The van der Waals surface area contributed by atoms with Gasteiger partial charge in [-0.05, 0) is 24.5 Å². The van der Waals surface area contributed by atoms with Crippen molar-refractivity contribution in [2.75, 3.05) is 24.5 Å². The van der Waals surface area contributed by atoms with Crippen molar-refractivity contribution in [3.63, 3.8) is 0 Å². The molecule has 1 aromatic heterocycles. The van der Waals surface area contributed by atoms with Crippen LogP contribution < -0.4 is 10.2 Å². The molecule has 0 fully saturated rings. The minimum absolute atomic E-state index is 0.204. The van der Waals surface area contributed by atoms with E-state index in [1.54, 1.807) is 0 Å². The monoisotopic (exact) mass is 271 g/mol. The van der Waals surface area contributed by atoms with Gasteiger partial charge in [0, 0.05) is 25.3 Å². The molecule has 1 aliphatic heterocycles. The zero-order chi connectivity index (χ0) is 13.8. The van der Waals surface area contributed by atoms with Crippen LogP contribution in [0.5, 0.6) is 0 Å². The first kappa shape index (κ1) is 12.7. The van der Waals surface area contributed by atoms with Gasteiger partial charge in [0.05, 0.1) is 0 Å². The van der Waals surface area contributed by atoms with E-state index >= 15 is 0 Å². The molecule has 0 spiro atoms. The summed E-state index contributed by atoms with van der Waals surface area (Å²) in [4.78, 5) is 17.8. The first-order valence-corrected chi connectivity index (χ1v) is 6.81. The van der Waals surface area contributed by atoms with Gasteiger partial charge < -0.3 is 10.2 Å². The maximum absolute atomic E-state index is 11.6. The highest BCUT2D eigenvalue weighted by Crippen LogP contribution is 2.27. The second-order valence-corrected chi connectivity index (χ2v) is 4.81. The molecule has 6 heteroatoms. The summed E-state index contributed by atoms with van der Waals surface area (Å²) in [6.45, 7) is 2.65. The van der Waals surface area contributed by atoms with Crippen LogP contribution >= 0.6 is 0 Å². The van der Waals surface area contributed by atoms with Gasteiger partial charge in [0.1, 0.15) is 6.33 Å². The minimum atomic E-state index is -0.204. The van der Waals surface area contributed by atoms with Crippen LogP contribution in [-0.2, 0) is 6.42 Å². The molecule has 1 amide bonds. The van der Waals surface area contributed by atoms with E-state index in [9.17, 15) is 4.79 Å². The normalized spacial score (nSPS) is 13.3. The van der Waals surface area contributed by atoms with E-state index in [0.717, 1.165) is 25.9 Å². The number of benzene rings is 1. The third-order valence-corrected chi connectivity index (χ3v) is 3.50. The van der Waals surface area contributed by atoms with Crippen LogP contribution in [0.2, 0.25) is 0 Å². The number of nitrogens with zero attached hydrogens (tertiary/aromatic N) is 3. The summed E-state index contributed by atoms with van der Waals surface area (Å²) in [5, 5.41) is 9.04. The predicted octanol–water partition coefficient (Wildman–Crippen LogP) is 0.987. The zero-order valence-corrected chi connectivity index (χ0v) is 11.2. The quantitative estimate of drug-likeness (QED) is 0.795. The van der Waals surface area contributed by atoms with Crippen LogP contribution in [0.25, 0.3) is 0 Å². The van der Waals surface area contributed by atoms with Crippen molar-refractivity contribution in [1.82, 2.24) is 20.5 Å². The molecule has 20 heavy (non-hydrogen) atoms. The Labute approximate surface area is 117 Å². The van der Waals surface area contributed by atoms with Crippen molar-refractivity contribution in [2.45, 2.75) is 12.8 Å². The first-order valence-electron chi connectivity index (χ1n) is 6.81. The van der Waals surface area contributed by atoms with Crippen LogP contribution in [0, 0.1) is 0 Å². The van der Waals surface area contributed by atoms with E-state index in [4.69, 9.17) is 0 Å². The van der Waals surface area contributed by atoms with Gasteiger partial charge in [-0.3, -0.25) is 9.89 Å². The molecule has 2 heterocycles. The molecule has 0 unspecified atom stereocenters. The molecule has 2 aromatic rings. The Hall–Kier alpha value is -2.37. The predicted molar refractivity (Wildman–Crippen MR) is 75.7 cm³/mol. The molecule has 1 aromatic carbocycles. The SMILES string of the molecule is O=C(NCCCN1CCc2ccccc21)c1ncn[nH]1. The average molecular weight is 271 g/mol. The van der Waals surface area contributed by atoms with E-state index in [0.29, 0.717) is 6.54 Å². The Morgan fingerprint density at radius 1 is 1.40 bits per heavy atom. The highest BCUT2D eigenvalue weighted by Gasteiger charge is 2.17. The standard InChI is InChI=1S/C14H17N5O/c20-14(13-16-10-17-18-13)15-7-3-8-19-9-6-11-4-1-2-5-12(11)19/h1-2,4-5,10H,3,6-9H2,(H,15,20)(H,16,17,18). The lowest BCUT2D eigenvalue weighted by molar-refractivity contribution is 0.0943. The van der Waals surface area contributed by atoms with Crippen molar-refractivity contribution in [2.24, 2.45) is 0 Å². The van der Waals surface area contributed by atoms with Gasteiger partial charge in [-0.1, -0.05) is 18.2 Å². The summed E-state index contributed by atoms with van der Waals surface area (Å²) in [7, 11) is 0. The molecule has 0 atom stereocenters. The van der Waals surface area contributed by atoms with Crippen LogP contribution in [-0.4, -0.2) is 40.7 Å². The third-order valence-electron chi connectivity index (χ3n) is 3.50. The van der Waals surface area contributed by atoms with Gasteiger partial charge in [0.25, 0.3) is 5.91 Å². The second-order valence-electron chi connectivity index (χ2n) is 4.81. The largest absolute Gasteiger partial charge is 0.371 e. The summed E-state index contributed by atoms with van der Waals surface area (Å²) in [6.07, 6.45) is 3.35. The number of rotatable bonds is 5. The van der Waals surface area contributed by atoms with Crippen molar-refractivity contribution < 1.29 is 4.79 Å². The van der Waals surface area contributed by atoms with Gasteiger partial charge in [-0.2, -0.15) is 5.10 Å². The fraction of sp³-hybridized carbons (Fsp3) is 0.357. The van der Waals surface area contributed by atoms with E-state index in [2.05, 4.69) is 49.7 Å². The number of para-hydroxylation sites is 1. The molecule has 0 saturated heterocycles. The number of carbonyl (C=O) groups excluding carboxylic acids is 1. The number of amides is 1. The molecule has 3 rings (SSSR count). The first-order chi connectivity index (χ1) is 9.84. The van der Waals surface area contributed by atoms with Crippen LogP contribution in [0.1, 0.15) is 22.6 Å². The number of anilines is 1. The van der Waals surface area contributed by atoms with Crippen molar-refractivity contribution in [3.05, 3.63) is 42.0 Å². The number of aromatic amines is 1. The molecule has 0 bridgehead atoms. The third kappa shape index (κ3) is 2.64. The number of nitrogens with one attached hydrogen (secondary N) is 2. The molecule has 0 radical (unpaired) electrons.